The van der Waals surface area contributed by atoms with Crippen molar-refractivity contribution in [2.75, 3.05) is 31.0 Å². The highest BCUT2D eigenvalue weighted by Crippen LogP contribution is 2.24. The number of anilines is 2. The van der Waals surface area contributed by atoms with Gasteiger partial charge in [-0.15, -0.1) is 0 Å². The van der Waals surface area contributed by atoms with Crippen molar-refractivity contribution in [3.8, 4) is 5.75 Å². The molecular weight excluding hydrogens is 554 g/mol. The van der Waals surface area contributed by atoms with Crippen LogP contribution < -0.4 is 20.7 Å². The number of amides is 2. The topological polar surface area (TPSA) is 88.7 Å². The van der Waals surface area contributed by atoms with Crippen LogP contribution in [0.4, 0.5) is 11.4 Å². The maximum atomic E-state index is 12.8. The van der Waals surface area contributed by atoms with E-state index in [1.54, 1.807) is 49.6 Å². The zero-order chi connectivity index (χ0) is 27.0. The Hall–Kier alpha value is -3.27. The summed E-state index contributed by atoms with van der Waals surface area (Å²) in [6.45, 7) is 7.10. The lowest BCUT2D eigenvalue weighted by molar-refractivity contribution is 0.0968. The lowest BCUT2D eigenvalue weighted by Crippen LogP contribution is -2.34. The number of halogens is 1. The van der Waals surface area contributed by atoms with Gasteiger partial charge in [0.15, 0.2) is 5.11 Å². The van der Waals surface area contributed by atoms with Crippen LogP contribution in [-0.4, -0.2) is 37.3 Å². The fourth-order valence-electron chi connectivity index (χ4n) is 3.34. The van der Waals surface area contributed by atoms with Gasteiger partial charge in [-0.25, -0.2) is 0 Å². The van der Waals surface area contributed by atoms with Crippen molar-refractivity contribution in [3.63, 3.8) is 0 Å². The van der Waals surface area contributed by atoms with E-state index in [1.807, 2.05) is 24.3 Å². The van der Waals surface area contributed by atoms with E-state index in [-0.39, 0.29) is 16.4 Å². The minimum Gasteiger partial charge on any atom is -0.490 e. The summed E-state index contributed by atoms with van der Waals surface area (Å²) in [5, 5.41) is 8.66. The molecule has 0 saturated carbocycles. The van der Waals surface area contributed by atoms with Gasteiger partial charge in [0.05, 0.1) is 12.2 Å². The van der Waals surface area contributed by atoms with Crippen molar-refractivity contribution in [3.05, 3.63) is 87.9 Å². The number of carbonyl (C=O) groups is 2. The van der Waals surface area contributed by atoms with Crippen LogP contribution >= 0.6 is 28.1 Å². The molecule has 3 rings (SSSR count). The molecule has 0 atom stereocenters. The fraction of sp³-hybridized carbons (Fsp3) is 0.250. The molecule has 2 amide bonds. The summed E-state index contributed by atoms with van der Waals surface area (Å²) in [7, 11) is 1.58. The monoisotopic (exact) mass is 583 g/mol. The first-order valence-electron chi connectivity index (χ1n) is 11.6. The van der Waals surface area contributed by atoms with Crippen molar-refractivity contribution >= 4 is 56.4 Å². The van der Waals surface area contributed by atoms with Crippen LogP contribution in [0.3, 0.4) is 0 Å². The van der Waals surface area contributed by atoms with E-state index >= 15 is 0 Å². The van der Waals surface area contributed by atoms with Gasteiger partial charge in [0, 0.05) is 28.5 Å². The zero-order valence-electron chi connectivity index (χ0n) is 21.2. The average molecular weight is 585 g/mol. The Labute approximate surface area is 231 Å². The number of hydrogen-bond acceptors (Lipinski definition) is 5. The summed E-state index contributed by atoms with van der Waals surface area (Å²) in [4.78, 5) is 25.4. The van der Waals surface area contributed by atoms with E-state index < -0.39 is 5.91 Å². The third kappa shape index (κ3) is 8.38. The number of thiocarbonyl (C=S) groups is 1. The van der Waals surface area contributed by atoms with Gasteiger partial charge in [0.1, 0.15) is 12.4 Å². The molecule has 3 aromatic carbocycles. The maximum absolute atomic E-state index is 12.8. The predicted molar refractivity (Wildman–Crippen MR) is 155 cm³/mol. The molecule has 37 heavy (non-hydrogen) atoms. The minimum absolute atomic E-state index is 0.0238. The minimum atomic E-state index is -0.410. The van der Waals surface area contributed by atoms with Crippen molar-refractivity contribution in [2.45, 2.75) is 26.2 Å². The normalized spacial score (nSPS) is 10.9. The van der Waals surface area contributed by atoms with Crippen LogP contribution in [-0.2, 0) is 10.2 Å². The van der Waals surface area contributed by atoms with Crippen LogP contribution in [0, 0.1) is 0 Å². The van der Waals surface area contributed by atoms with Gasteiger partial charge in [-0.2, -0.15) is 0 Å². The quantitative estimate of drug-likeness (QED) is 0.218. The summed E-state index contributed by atoms with van der Waals surface area (Å²) in [5.74, 6) is -0.178. The summed E-state index contributed by atoms with van der Waals surface area (Å²) >= 11 is 8.69. The van der Waals surface area contributed by atoms with E-state index in [2.05, 4.69) is 52.7 Å². The van der Waals surface area contributed by atoms with E-state index in [1.165, 1.54) is 0 Å². The van der Waals surface area contributed by atoms with E-state index in [0.717, 1.165) is 10.0 Å². The first-order valence-corrected chi connectivity index (χ1v) is 12.8. The maximum Gasteiger partial charge on any atom is 0.261 e. The third-order valence-corrected chi connectivity index (χ3v) is 6.07. The highest BCUT2D eigenvalue weighted by atomic mass is 79.9. The molecule has 0 saturated heterocycles. The Bertz CT molecular complexity index is 1260. The Morgan fingerprint density at radius 2 is 1.49 bits per heavy atom. The second-order valence-corrected chi connectivity index (χ2v) is 10.6. The van der Waals surface area contributed by atoms with Crippen LogP contribution in [0.25, 0.3) is 0 Å². The summed E-state index contributed by atoms with van der Waals surface area (Å²) < 4.78 is 11.4. The van der Waals surface area contributed by atoms with E-state index in [0.29, 0.717) is 41.5 Å². The molecule has 0 aromatic heterocycles. The number of hydrogen-bond donors (Lipinski definition) is 3. The molecule has 9 heteroatoms. The SMILES string of the molecule is COCCOc1ccc(Br)cc1C(=O)NC(=S)Nc1ccc(NC(=O)c2ccc(C(C)(C)C)cc2)cc1. The van der Waals surface area contributed by atoms with Gasteiger partial charge in [-0.05, 0) is 77.8 Å². The summed E-state index contributed by atoms with van der Waals surface area (Å²) in [6.07, 6.45) is 0. The molecule has 0 unspecified atom stereocenters. The number of methoxy groups -OCH3 is 1. The zero-order valence-corrected chi connectivity index (χ0v) is 23.6. The Morgan fingerprint density at radius 3 is 2.08 bits per heavy atom. The predicted octanol–water partition coefficient (Wildman–Crippen LogP) is 6.15. The molecule has 0 aliphatic heterocycles. The highest BCUT2D eigenvalue weighted by Gasteiger charge is 2.16. The van der Waals surface area contributed by atoms with Crippen LogP contribution in [0.1, 0.15) is 47.1 Å². The van der Waals surface area contributed by atoms with Crippen molar-refractivity contribution in [1.29, 1.82) is 0 Å². The van der Waals surface area contributed by atoms with Crippen LogP contribution in [0.15, 0.2) is 71.2 Å². The summed E-state index contributed by atoms with van der Waals surface area (Å²) in [6, 6.07) is 19.8. The molecule has 7 nitrogen and oxygen atoms in total. The third-order valence-electron chi connectivity index (χ3n) is 5.37. The molecule has 0 aliphatic rings. The smallest absolute Gasteiger partial charge is 0.261 e. The summed E-state index contributed by atoms with van der Waals surface area (Å²) in [5.41, 5.74) is 3.40. The molecule has 0 spiro atoms. The number of rotatable bonds is 8. The van der Waals surface area contributed by atoms with Crippen LogP contribution in [0.2, 0.25) is 0 Å². The van der Waals surface area contributed by atoms with Crippen LogP contribution in [0.5, 0.6) is 5.75 Å². The molecule has 0 bridgehead atoms. The molecule has 3 N–H and O–H groups in total. The molecule has 0 fully saturated rings. The van der Waals surface area contributed by atoms with Gasteiger partial charge in [0.25, 0.3) is 11.8 Å². The van der Waals surface area contributed by atoms with Gasteiger partial charge < -0.3 is 20.1 Å². The molecule has 3 aromatic rings. The largest absolute Gasteiger partial charge is 0.490 e. The Morgan fingerprint density at radius 1 is 0.865 bits per heavy atom. The van der Waals surface area contributed by atoms with Gasteiger partial charge >= 0.3 is 0 Å². The van der Waals surface area contributed by atoms with Gasteiger partial charge in [-0.1, -0.05) is 48.8 Å². The molecule has 194 valence electrons. The molecular formula is C28H30BrN3O4S. The second-order valence-electron chi connectivity index (χ2n) is 9.25. The lowest BCUT2D eigenvalue weighted by Gasteiger charge is -2.19. The van der Waals surface area contributed by atoms with Gasteiger partial charge in [-0.3, -0.25) is 14.9 Å². The van der Waals surface area contributed by atoms with Crippen molar-refractivity contribution in [2.24, 2.45) is 0 Å². The lowest BCUT2D eigenvalue weighted by atomic mass is 9.87. The van der Waals surface area contributed by atoms with E-state index in [4.69, 9.17) is 21.7 Å². The first-order chi connectivity index (χ1) is 17.6. The van der Waals surface area contributed by atoms with Crippen molar-refractivity contribution in [1.82, 2.24) is 5.32 Å². The Kier molecular flexibility index (Phi) is 9.79. The second kappa shape index (κ2) is 12.8. The molecule has 0 radical (unpaired) electrons. The first kappa shape index (κ1) is 28.3. The van der Waals surface area contributed by atoms with Gasteiger partial charge in [0.2, 0.25) is 0 Å². The standard InChI is InChI=1S/C28H30BrN3O4S/c1-28(2,3)19-7-5-18(6-8-19)25(33)30-21-10-12-22(13-11-21)31-27(37)32-26(34)23-17-20(29)9-14-24(23)36-16-15-35-4/h5-14,17H,15-16H2,1-4H3,(H,30,33)(H2,31,32,34,37). The van der Waals surface area contributed by atoms with E-state index in [9.17, 15) is 9.59 Å². The van der Waals surface area contributed by atoms with Crippen molar-refractivity contribution < 1.29 is 19.1 Å². The Balaban J connectivity index is 1.57. The number of benzene rings is 3. The molecule has 0 heterocycles. The number of carbonyl (C=O) groups excluding carboxylic acids is 2. The fourth-order valence-corrected chi connectivity index (χ4v) is 3.91. The average Bonchev–Trinajstić information content (AvgIpc) is 2.85. The number of ether oxygens (including phenoxy) is 2. The number of nitrogens with one attached hydrogen (secondary N) is 3. The molecule has 0 aliphatic carbocycles. The highest BCUT2D eigenvalue weighted by molar-refractivity contribution is 9.10.